The van der Waals surface area contributed by atoms with Crippen molar-refractivity contribution < 1.29 is 4.79 Å². The molecule has 5 nitrogen and oxygen atoms in total. The molecule has 0 aliphatic carbocycles. The Morgan fingerprint density at radius 3 is 2.62 bits per heavy atom. The first-order valence-electron chi connectivity index (χ1n) is 6.51. The van der Waals surface area contributed by atoms with Gasteiger partial charge in [-0.15, -0.1) is 11.3 Å². The molecule has 2 aromatic rings. The van der Waals surface area contributed by atoms with Crippen LogP contribution in [0.2, 0.25) is 0 Å². The SMILES string of the molecule is Cc1cc(C)c(CNC(=O)Cc2sc(=S)[nH]c2C)c(=O)[nH]1. The Morgan fingerprint density at radius 2 is 2.05 bits per heavy atom. The third-order valence-corrected chi connectivity index (χ3v) is 4.54. The van der Waals surface area contributed by atoms with Gasteiger partial charge in [0, 0.05) is 28.4 Å². The van der Waals surface area contributed by atoms with Gasteiger partial charge >= 0.3 is 0 Å². The first-order valence-corrected chi connectivity index (χ1v) is 7.74. The molecule has 0 radical (unpaired) electrons. The molecule has 0 aromatic carbocycles. The molecule has 0 spiro atoms. The number of aromatic amines is 2. The third kappa shape index (κ3) is 3.89. The third-order valence-electron chi connectivity index (χ3n) is 3.20. The summed E-state index contributed by atoms with van der Waals surface area (Å²) in [4.78, 5) is 30.5. The lowest BCUT2D eigenvalue weighted by molar-refractivity contribution is -0.120. The lowest BCUT2D eigenvalue weighted by Gasteiger charge is -2.08. The van der Waals surface area contributed by atoms with Crippen LogP contribution in [0.15, 0.2) is 10.9 Å². The molecule has 3 N–H and O–H groups in total. The fraction of sp³-hybridized carbons (Fsp3) is 0.357. The van der Waals surface area contributed by atoms with Crippen LogP contribution in [-0.4, -0.2) is 15.9 Å². The molecule has 0 aliphatic heterocycles. The molecular weight excluding hydrogens is 306 g/mol. The zero-order valence-corrected chi connectivity index (χ0v) is 13.8. The van der Waals surface area contributed by atoms with E-state index in [-0.39, 0.29) is 24.4 Å². The van der Waals surface area contributed by atoms with Gasteiger partial charge in [0.15, 0.2) is 3.95 Å². The average molecular weight is 323 g/mol. The number of hydrogen-bond acceptors (Lipinski definition) is 4. The molecule has 112 valence electrons. The fourth-order valence-electron chi connectivity index (χ4n) is 2.10. The van der Waals surface area contributed by atoms with E-state index in [0.717, 1.165) is 21.8 Å². The number of hydrogen-bond donors (Lipinski definition) is 3. The second-order valence-corrected chi connectivity index (χ2v) is 6.73. The summed E-state index contributed by atoms with van der Waals surface area (Å²) < 4.78 is 0.668. The largest absolute Gasteiger partial charge is 0.351 e. The number of thiazole rings is 1. The molecule has 0 fully saturated rings. The van der Waals surface area contributed by atoms with Gasteiger partial charge in [0.25, 0.3) is 5.56 Å². The quantitative estimate of drug-likeness (QED) is 0.755. The van der Waals surface area contributed by atoms with Gasteiger partial charge in [-0.05, 0) is 44.6 Å². The van der Waals surface area contributed by atoms with Crippen molar-refractivity contribution in [1.29, 1.82) is 0 Å². The van der Waals surface area contributed by atoms with Gasteiger partial charge in [0.2, 0.25) is 5.91 Å². The molecule has 0 bridgehead atoms. The molecule has 0 atom stereocenters. The lowest BCUT2D eigenvalue weighted by Crippen LogP contribution is -2.28. The molecule has 2 aromatic heterocycles. The topological polar surface area (TPSA) is 77.8 Å². The number of rotatable bonds is 4. The minimum atomic E-state index is -0.152. The number of amides is 1. The summed E-state index contributed by atoms with van der Waals surface area (Å²) in [6.07, 6.45) is 0.270. The van der Waals surface area contributed by atoms with E-state index in [2.05, 4.69) is 15.3 Å². The normalized spacial score (nSPS) is 10.6. The highest BCUT2D eigenvalue weighted by molar-refractivity contribution is 7.73. The first kappa shape index (κ1) is 15.7. The van der Waals surface area contributed by atoms with Crippen molar-refractivity contribution in [3.8, 4) is 0 Å². The maximum Gasteiger partial charge on any atom is 0.253 e. The molecule has 2 rings (SSSR count). The van der Waals surface area contributed by atoms with Crippen molar-refractivity contribution in [3.05, 3.63) is 47.8 Å². The highest BCUT2D eigenvalue weighted by Crippen LogP contribution is 2.15. The Balaban J connectivity index is 2.04. The maximum atomic E-state index is 12.0. The molecule has 7 heteroatoms. The van der Waals surface area contributed by atoms with E-state index in [1.807, 2.05) is 26.8 Å². The Kier molecular flexibility index (Phi) is 4.74. The van der Waals surface area contributed by atoms with E-state index >= 15 is 0 Å². The average Bonchev–Trinajstić information content (AvgIpc) is 2.66. The van der Waals surface area contributed by atoms with Gasteiger partial charge in [-0.1, -0.05) is 0 Å². The van der Waals surface area contributed by atoms with Gasteiger partial charge in [-0.3, -0.25) is 9.59 Å². The summed E-state index contributed by atoms with van der Waals surface area (Å²) in [6, 6.07) is 1.89. The van der Waals surface area contributed by atoms with Gasteiger partial charge < -0.3 is 15.3 Å². The Bertz CT molecular complexity index is 786. The molecule has 2 heterocycles. The highest BCUT2D eigenvalue weighted by Gasteiger charge is 2.10. The van der Waals surface area contributed by atoms with Crippen LogP contribution < -0.4 is 10.9 Å². The van der Waals surface area contributed by atoms with Gasteiger partial charge in [0.05, 0.1) is 6.42 Å². The van der Waals surface area contributed by atoms with Crippen LogP contribution in [0.3, 0.4) is 0 Å². The van der Waals surface area contributed by atoms with Crippen molar-refractivity contribution in [3.63, 3.8) is 0 Å². The first-order chi connectivity index (χ1) is 9.86. The van der Waals surface area contributed by atoms with Crippen LogP contribution in [0, 0.1) is 24.7 Å². The summed E-state index contributed by atoms with van der Waals surface area (Å²) in [7, 11) is 0. The van der Waals surface area contributed by atoms with E-state index in [1.165, 1.54) is 11.3 Å². The van der Waals surface area contributed by atoms with Crippen LogP contribution in [0.4, 0.5) is 0 Å². The summed E-state index contributed by atoms with van der Waals surface area (Å²) in [5, 5.41) is 2.78. The van der Waals surface area contributed by atoms with Crippen LogP contribution in [0.5, 0.6) is 0 Å². The minimum Gasteiger partial charge on any atom is -0.351 e. The number of aryl methyl sites for hydroxylation is 3. The maximum absolute atomic E-state index is 12.0. The molecule has 0 saturated carbocycles. The van der Waals surface area contributed by atoms with E-state index in [4.69, 9.17) is 12.2 Å². The number of H-pyrrole nitrogens is 2. The molecule has 0 unspecified atom stereocenters. The highest BCUT2D eigenvalue weighted by atomic mass is 32.1. The van der Waals surface area contributed by atoms with Gasteiger partial charge in [-0.25, -0.2) is 0 Å². The molecule has 21 heavy (non-hydrogen) atoms. The van der Waals surface area contributed by atoms with Crippen LogP contribution in [0.1, 0.15) is 27.4 Å². The van der Waals surface area contributed by atoms with Gasteiger partial charge in [-0.2, -0.15) is 0 Å². The Morgan fingerprint density at radius 1 is 1.33 bits per heavy atom. The number of aromatic nitrogens is 2. The summed E-state index contributed by atoms with van der Waals surface area (Å²) in [5.74, 6) is -0.122. The predicted molar refractivity (Wildman–Crippen MR) is 86.3 cm³/mol. The lowest BCUT2D eigenvalue weighted by atomic mass is 10.1. The summed E-state index contributed by atoms with van der Waals surface area (Å²) >= 11 is 6.45. The Hall–Kier alpha value is -1.73. The van der Waals surface area contributed by atoms with Crippen molar-refractivity contribution in [2.75, 3.05) is 0 Å². The number of nitrogens with one attached hydrogen (secondary N) is 3. The number of pyridine rings is 1. The van der Waals surface area contributed by atoms with Crippen LogP contribution in [-0.2, 0) is 17.8 Å². The van der Waals surface area contributed by atoms with Crippen molar-refractivity contribution in [2.45, 2.75) is 33.7 Å². The van der Waals surface area contributed by atoms with E-state index in [1.54, 1.807) is 0 Å². The smallest absolute Gasteiger partial charge is 0.253 e. The predicted octanol–water partition coefficient (Wildman–Crippen LogP) is 2.28. The van der Waals surface area contributed by atoms with Crippen molar-refractivity contribution in [2.24, 2.45) is 0 Å². The molecule has 0 saturated heterocycles. The van der Waals surface area contributed by atoms with Crippen LogP contribution in [0.25, 0.3) is 0 Å². The second kappa shape index (κ2) is 6.36. The van der Waals surface area contributed by atoms with Gasteiger partial charge in [0.1, 0.15) is 0 Å². The van der Waals surface area contributed by atoms with Crippen molar-refractivity contribution in [1.82, 2.24) is 15.3 Å². The zero-order valence-electron chi connectivity index (χ0n) is 12.1. The molecule has 1 amide bonds. The van der Waals surface area contributed by atoms with Crippen molar-refractivity contribution >= 4 is 29.5 Å². The minimum absolute atomic E-state index is 0.122. The van der Waals surface area contributed by atoms with E-state index < -0.39 is 0 Å². The number of carbonyl (C=O) groups excluding carboxylic acids is 1. The number of carbonyl (C=O) groups is 1. The molecular formula is C14H17N3O2S2. The second-order valence-electron chi connectivity index (χ2n) is 4.96. The van der Waals surface area contributed by atoms with E-state index in [0.29, 0.717) is 9.52 Å². The standard InChI is InChI=1S/C14H17N3O2S2/c1-7-4-8(2)16-13(19)10(7)6-15-12(18)5-11-9(3)17-14(20)21-11/h4H,5-6H2,1-3H3,(H,15,18)(H,16,19)(H,17,20). The Labute approximate surface area is 131 Å². The summed E-state index contributed by atoms with van der Waals surface area (Å²) in [5.41, 5.74) is 3.05. The zero-order chi connectivity index (χ0) is 15.6. The fourth-order valence-corrected chi connectivity index (χ4v) is 3.39. The molecule has 0 aliphatic rings. The van der Waals surface area contributed by atoms with Crippen LogP contribution >= 0.6 is 23.6 Å². The summed E-state index contributed by atoms with van der Waals surface area (Å²) in [6.45, 7) is 5.82. The monoisotopic (exact) mass is 323 g/mol. The van der Waals surface area contributed by atoms with E-state index in [9.17, 15) is 9.59 Å².